The lowest BCUT2D eigenvalue weighted by atomic mass is 10.3. The van der Waals surface area contributed by atoms with E-state index >= 15 is 0 Å². The van der Waals surface area contributed by atoms with E-state index in [2.05, 4.69) is 15.5 Å². The second-order valence-corrected chi connectivity index (χ2v) is 2.31. The zero-order chi connectivity index (χ0) is 10.1. The third kappa shape index (κ3) is 5.90. The summed E-state index contributed by atoms with van der Waals surface area (Å²) in [5, 5.41) is 9.29. The minimum Gasteiger partial charge on any atom is -0.356 e. The summed E-state index contributed by atoms with van der Waals surface area (Å²) >= 11 is 0. The number of rotatable bonds is 3. The fraction of sp³-hybridized carbons (Fsp3) is 0.556. The van der Waals surface area contributed by atoms with Gasteiger partial charge < -0.3 is 5.32 Å². The number of aromatic nitrogens is 2. The van der Waals surface area contributed by atoms with Gasteiger partial charge in [-0.05, 0) is 6.07 Å². The van der Waals surface area contributed by atoms with Crippen LogP contribution in [0.25, 0.3) is 0 Å². The number of nitrogens with zero attached hydrogens (tertiary/aromatic N) is 1. The molecule has 4 heteroatoms. The Morgan fingerprint density at radius 2 is 2.31 bits per heavy atom. The Morgan fingerprint density at radius 3 is 2.77 bits per heavy atom. The van der Waals surface area contributed by atoms with Gasteiger partial charge in [0.1, 0.15) is 0 Å². The predicted molar refractivity (Wildman–Crippen MR) is 52.3 cm³/mol. The summed E-state index contributed by atoms with van der Waals surface area (Å²) in [6, 6.07) is 1.89. The summed E-state index contributed by atoms with van der Waals surface area (Å²) in [5.41, 5.74) is 1.04. The molecule has 0 unspecified atom stereocenters. The molecule has 4 nitrogen and oxygen atoms in total. The zero-order valence-electron chi connectivity index (χ0n) is 8.42. The Morgan fingerprint density at radius 1 is 1.62 bits per heavy atom. The number of H-pyrrole nitrogens is 1. The van der Waals surface area contributed by atoms with Crippen molar-refractivity contribution in [2.75, 3.05) is 6.54 Å². The Kier molecular flexibility index (Phi) is 6.59. The van der Waals surface area contributed by atoms with E-state index in [4.69, 9.17) is 0 Å². The first-order chi connectivity index (χ1) is 6.29. The van der Waals surface area contributed by atoms with E-state index in [0.29, 0.717) is 6.54 Å². The number of nitrogens with one attached hydrogen (secondary N) is 2. The molecule has 0 atom stereocenters. The van der Waals surface area contributed by atoms with Crippen LogP contribution in [-0.2, 0) is 11.2 Å². The van der Waals surface area contributed by atoms with Crippen molar-refractivity contribution in [3.8, 4) is 0 Å². The van der Waals surface area contributed by atoms with Crippen molar-refractivity contribution in [1.82, 2.24) is 15.5 Å². The lowest BCUT2D eigenvalue weighted by Crippen LogP contribution is -2.22. The van der Waals surface area contributed by atoms with Crippen molar-refractivity contribution < 1.29 is 4.79 Å². The monoisotopic (exact) mass is 183 g/mol. The molecule has 1 aromatic rings. The topological polar surface area (TPSA) is 57.8 Å². The third-order valence-corrected chi connectivity index (χ3v) is 1.33. The van der Waals surface area contributed by atoms with Crippen LogP contribution in [0.1, 0.15) is 26.5 Å². The van der Waals surface area contributed by atoms with Crippen molar-refractivity contribution in [3.63, 3.8) is 0 Å². The van der Waals surface area contributed by atoms with Crippen molar-refractivity contribution in [2.24, 2.45) is 0 Å². The summed E-state index contributed by atoms with van der Waals surface area (Å²) in [7, 11) is 0. The van der Waals surface area contributed by atoms with Gasteiger partial charge in [-0.2, -0.15) is 5.10 Å². The molecule has 0 bridgehead atoms. The molecule has 0 saturated heterocycles. The van der Waals surface area contributed by atoms with Crippen LogP contribution in [0.5, 0.6) is 0 Å². The van der Waals surface area contributed by atoms with Crippen molar-refractivity contribution >= 4 is 5.91 Å². The molecule has 0 fully saturated rings. The molecule has 74 valence electrons. The number of carbonyl (C=O) groups is 1. The first-order valence-electron chi connectivity index (χ1n) is 4.52. The molecule has 0 aliphatic rings. The van der Waals surface area contributed by atoms with Gasteiger partial charge in [0.2, 0.25) is 5.91 Å². The fourth-order valence-corrected chi connectivity index (χ4v) is 0.797. The summed E-state index contributed by atoms with van der Waals surface area (Å²) in [6.07, 6.45) is 2.50. The molecule has 2 N–H and O–H groups in total. The zero-order valence-corrected chi connectivity index (χ0v) is 8.42. The third-order valence-electron chi connectivity index (χ3n) is 1.33. The minimum absolute atomic E-state index is 0.00418. The number of hydrogen-bond donors (Lipinski definition) is 2. The standard InChI is InChI=1S/C7H11N3O.C2H6/c1-6(11)8-4-2-7-3-5-9-10-7;1-2/h3,5H,2,4H2,1H3,(H,8,11)(H,9,10);1-2H3. The van der Waals surface area contributed by atoms with Gasteiger partial charge in [-0.3, -0.25) is 9.89 Å². The van der Waals surface area contributed by atoms with E-state index in [1.165, 1.54) is 6.92 Å². The number of aromatic amines is 1. The molecule has 0 aromatic carbocycles. The van der Waals surface area contributed by atoms with E-state index in [0.717, 1.165) is 12.1 Å². The lowest BCUT2D eigenvalue weighted by Gasteiger charge is -1.98. The van der Waals surface area contributed by atoms with Crippen LogP contribution in [0, 0.1) is 0 Å². The van der Waals surface area contributed by atoms with Gasteiger partial charge in [0, 0.05) is 31.8 Å². The van der Waals surface area contributed by atoms with Gasteiger partial charge in [-0.15, -0.1) is 0 Å². The smallest absolute Gasteiger partial charge is 0.216 e. The molecule has 1 heterocycles. The van der Waals surface area contributed by atoms with Gasteiger partial charge in [-0.1, -0.05) is 13.8 Å². The summed E-state index contributed by atoms with van der Waals surface area (Å²) in [4.78, 5) is 10.4. The summed E-state index contributed by atoms with van der Waals surface area (Å²) in [6.45, 7) is 6.17. The van der Waals surface area contributed by atoms with Crippen LogP contribution in [0.15, 0.2) is 12.3 Å². The van der Waals surface area contributed by atoms with E-state index < -0.39 is 0 Å². The molecule has 0 aliphatic carbocycles. The van der Waals surface area contributed by atoms with Crippen LogP contribution >= 0.6 is 0 Å². The Bertz CT molecular complexity index is 219. The highest BCUT2D eigenvalue weighted by Gasteiger charge is 1.93. The highest BCUT2D eigenvalue weighted by atomic mass is 16.1. The van der Waals surface area contributed by atoms with Gasteiger partial charge in [-0.25, -0.2) is 0 Å². The molecular formula is C9H17N3O. The lowest BCUT2D eigenvalue weighted by molar-refractivity contribution is -0.118. The maximum Gasteiger partial charge on any atom is 0.216 e. The number of hydrogen-bond acceptors (Lipinski definition) is 2. The predicted octanol–water partition coefficient (Wildman–Crippen LogP) is 1.11. The largest absolute Gasteiger partial charge is 0.356 e. The molecule has 1 rings (SSSR count). The first kappa shape index (κ1) is 11.7. The summed E-state index contributed by atoms with van der Waals surface area (Å²) < 4.78 is 0. The first-order valence-corrected chi connectivity index (χ1v) is 4.52. The fourth-order valence-electron chi connectivity index (χ4n) is 0.797. The van der Waals surface area contributed by atoms with Crippen molar-refractivity contribution in [3.05, 3.63) is 18.0 Å². The molecule has 0 spiro atoms. The molecule has 0 saturated carbocycles. The second kappa shape index (κ2) is 7.34. The van der Waals surface area contributed by atoms with Gasteiger partial charge in [0.25, 0.3) is 0 Å². The SMILES string of the molecule is CC.CC(=O)NCCc1ccn[nH]1. The van der Waals surface area contributed by atoms with Crippen LogP contribution in [0.3, 0.4) is 0 Å². The Hall–Kier alpha value is -1.32. The van der Waals surface area contributed by atoms with Gasteiger partial charge >= 0.3 is 0 Å². The molecular weight excluding hydrogens is 166 g/mol. The Balaban J connectivity index is 0.000000671. The van der Waals surface area contributed by atoms with Crippen LogP contribution < -0.4 is 5.32 Å². The molecule has 0 radical (unpaired) electrons. The van der Waals surface area contributed by atoms with Gasteiger partial charge in [0.05, 0.1) is 0 Å². The van der Waals surface area contributed by atoms with Gasteiger partial charge in [0.15, 0.2) is 0 Å². The van der Waals surface area contributed by atoms with E-state index in [9.17, 15) is 4.79 Å². The second-order valence-electron chi connectivity index (χ2n) is 2.31. The summed E-state index contributed by atoms with van der Waals surface area (Å²) in [5.74, 6) is 0.00418. The quantitative estimate of drug-likeness (QED) is 0.737. The number of amides is 1. The van der Waals surface area contributed by atoms with E-state index in [-0.39, 0.29) is 5.91 Å². The van der Waals surface area contributed by atoms with Crippen molar-refractivity contribution in [1.29, 1.82) is 0 Å². The molecule has 1 amide bonds. The van der Waals surface area contributed by atoms with E-state index in [1.54, 1.807) is 6.20 Å². The average Bonchev–Trinajstić information content (AvgIpc) is 2.60. The highest BCUT2D eigenvalue weighted by Crippen LogP contribution is 1.90. The molecule has 13 heavy (non-hydrogen) atoms. The maximum absolute atomic E-state index is 10.4. The average molecular weight is 183 g/mol. The van der Waals surface area contributed by atoms with Crippen LogP contribution in [-0.4, -0.2) is 22.6 Å². The normalized spacial score (nSPS) is 8.54. The van der Waals surface area contributed by atoms with Crippen molar-refractivity contribution in [2.45, 2.75) is 27.2 Å². The molecule has 1 aromatic heterocycles. The minimum atomic E-state index is 0.00418. The Labute approximate surface area is 78.7 Å². The maximum atomic E-state index is 10.4. The number of carbonyl (C=O) groups excluding carboxylic acids is 1. The van der Waals surface area contributed by atoms with Crippen LogP contribution in [0.2, 0.25) is 0 Å². The van der Waals surface area contributed by atoms with Crippen LogP contribution in [0.4, 0.5) is 0 Å². The highest BCUT2D eigenvalue weighted by molar-refractivity contribution is 5.72. The molecule has 0 aliphatic heterocycles. The van der Waals surface area contributed by atoms with E-state index in [1.807, 2.05) is 19.9 Å².